The average Bonchev–Trinajstić information content (AvgIpc) is 2.46. The molecule has 120 valence electrons. The van der Waals surface area contributed by atoms with Crippen LogP contribution in [0.1, 0.15) is 46.0 Å². The molecule has 0 aliphatic rings. The van der Waals surface area contributed by atoms with Gasteiger partial charge in [0.1, 0.15) is 0 Å². The van der Waals surface area contributed by atoms with Gasteiger partial charge in [0.15, 0.2) is 11.5 Å². The Labute approximate surface area is 129 Å². The van der Waals surface area contributed by atoms with E-state index in [1.165, 1.54) is 25.7 Å². The number of anilines is 2. The van der Waals surface area contributed by atoms with E-state index in [4.69, 9.17) is 15.2 Å². The lowest BCUT2D eigenvalue weighted by molar-refractivity contribution is 0.355. The molecule has 0 spiro atoms. The lowest BCUT2D eigenvalue weighted by Gasteiger charge is -2.14. The van der Waals surface area contributed by atoms with E-state index in [1.807, 2.05) is 6.07 Å². The Bertz CT molecular complexity index is 419. The number of nitrogens with two attached hydrogens (primary N) is 1. The van der Waals surface area contributed by atoms with Crippen LogP contribution in [0.3, 0.4) is 0 Å². The maximum atomic E-state index is 6.02. The molecule has 0 heterocycles. The summed E-state index contributed by atoms with van der Waals surface area (Å²) < 4.78 is 10.5. The van der Waals surface area contributed by atoms with Crippen LogP contribution in [0.25, 0.3) is 0 Å². The van der Waals surface area contributed by atoms with Crippen LogP contribution in [0.15, 0.2) is 12.1 Å². The number of hydrogen-bond donors (Lipinski definition) is 2. The molecule has 0 fully saturated rings. The summed E-state index contributed by atoms with van der Waals surface area (Å²) in [5.74, 6) is 2.18. The van der Waals surface area contributed by atoms with Crippen LogP contribution in [0.4, 0.5) is 11.4 Å². The van der Waals surface area contributed by atoms with Crippen molar-refractivity contribution in [1.29, 1.82) is 0 Å². The van der Waals surface area contributed by atoms with Crippen molar-refractivity contribution in [3.05, 3.63) is 12.1 Å². The monoisotopic (exact) mass is 294 g/mol. The van der Waals surface area contributed by atoms with Gasteiger partial charge < -0.3 is 20.5 Å². The fraction of sp³-hybridized carbons (Fsp3) is 0.647. The zero-order valence-corrected chi connectivity index (χ0v) is 13.9. The van der Waals surface area contributed by atoms with E-state index in [-0.39, 0.29) is 0 Å². The lowest BCUT2D eigenvalue weighted by atomic mass is 10.0. The fourth-order valence-corrected chi connectivity index (χ4v) is 2.30. The number of rotatable bonds is 10. The minimum Gasteiger partial charge on any atom is -0.493 e. The highest BCUT2D eigenvalue weighted by atomic mass is 16.5. The number of benzene rings is 1. The molecule has 1 rings (SSSR count). The molecule has 4 heteroatoms. The van der Waals surface area contributed by atoms with E-state index in [1.54, 1.807) is 20.3 Å². The van der Waals surface area contributed by atoms with Crippen LogP contribution >= 0.6 is 0 Å². The first kappa shape index (κ1) is 17.5. The maximum absolute atomic E-state index is 6.02. The van der Waals surface area contributed by atoms with Crippen LogP contribution in [-0.2, 0) is 0 Å². The largest absolute Gasteiger partial charge is 0.493 e. The molecule has 0 saturated heterocycles. The van der Waals surface area contributed by atoms with Gasteiger partial charge in [-0.1, -0.05) is 39.5 Å². The highest BCUT2D eigenvalue weighted by Gasteiger charge is 2.08. The van der Waals surface area contributed by atoms with Crippen molar-refractivity contribution in [2.45, 2.75) is 46.0 Å². The molecule has 0 unspecified atom stereocenters. The van der Waals surface area contributed by atoms with Crippen molar-refractivity contribution < 1.29 is 9.47 Å². The average molecular weight is 294 g/mol. The summed E-state index contributed by atoms with van der Waals surface area (Å²) in [5, 5.41) is 3.38. The number of unbranched alkanes of at least 4 members (excludes halogenated alkanes) is 3. The zero-order chi connectivity index (χ0) is 15.7. The second kappa shape index (κ2) is 9.37. The smallest absolute Gasteiger partial charge is 0.162 e. The second-order valence-corrected chi connectivity index (χ2v) is 5.82. The summed E-state index contributed by atoms with van der Waals surface area (Å²) in [4.78, 5) is 0. The Hall–Kier alpha value is -1.58. The molecule has 3 N–H and O–H groups in total. The number of ether oxygens (including phenoxy) is 2. The minimum atomic E-state index is 0.661. The quantitative estimate of drug-likeness (QED) is 0.499. The molecule has 0 saturated carbocycles. The summed E-state index contributed by atoms with van der Waals surface area (Å²) in [7, 11) is 3.24. The number of nitrogens with one attached hydrogen (secondary N) is 1. The second-order valence-electron chi connectivity index (χ2n) is 5.82. The first-order valence-corrected chi connectivity index (χ1v) is 7.83. The topological polar surface area (TPSA) is 56.5 Å². The van der Waals surface area contributed by atoms with Gasteiger partial charge in [-0.05, 0) is 12.3 Å². The standard InChI is InChI=1S/C17H30N2O2/c1-13(2)9-7-5-6-8-10-19-15-12-17(21-4)16(20-3)11-14(15)18/h11-13,19H,5-10,18H2,1-4H3. The molecule has 0 amide bonds. The van der Waals surface area contributed by atoms with E-state index in [9.17, 15) is 0 Å². The fourth-order valence-electron chi connectivity index (χ4n) is 2.30. The van der Waals surface area contributed by atoms with E-state index < -0.39 is 0 Å². The Morgan fingerprint density at radius 1 is 1.00 bits per heavy atom. The van der Waals surface area contributed by atoms with Gasteiger partial charge in [-0.3, -0.25) is 0 Å². The summed E-state index contributed by atoms with van der Waals surface area (Å²) in [6.07, 6.45) is 6.38. The predicted octanol–water partition coefficient (Wildman–Crippen LogP) is 4.30. The minimum absolute atomic E-state index is 0.661. The zero-order valence-electron chi connectivity index (χ0n) is 13.9. The van der Waals surface area contributed by atoms with Crippen LogP contribution < -0.4 is 20.5 Å². The summed E-state index contributed by atoms with van der Waals surface area (Å²) in [6, 6.07) is 3.69. The van der Waals surface area contributed by atoms with Crippen molar-refractivity contribution in [3.8, 4) is 11.5 Å². The summed E-state index contributed by atoms with van der Waals surface area (Å²) in [6.45, 7) is 5.49. The van der Waals surface area contributed by atoms with Crippen LogP contribution in [0.2, 0.25) is 0 Å². The Morgan fingerprint density at radius 3 is 2.24 bits per heavy atom. The van der Waals surface area contributed by atoms with Gasteiger partial charge in [0.25, 0.3) is 0 Å². The third kappa shape index (κ3) is 6.15. The third-order valence-electron chi connectivity index (χ3n) is 3.58. The van der Waals surface area contributed by atoms with Gasteiger partial charge in [0, 0.05) is 18.7 Å². The Kier molecular flexibility index (Phi) is 7.80. The van der Waals surface area contributed by atoms with E-state index in [0.717, 1.165) is 24.6 Å². The van der Waals surface area contributed by atoms with E-state index in [2.05, 4.69) is 19.2 Å². The van der Waals surface area contributed by atoms with Crippen LogP contribution in [0, 0.1) is 5.92 Å². The van der Waals surface area contributed by atoms with Crippen molar-refractivity contribution in [2.24, 2.45) is 5.92 Å². The molecule has 1 aromatic rings. The molecule has 0 aliphatic carbocycles. The van der Waals surface area contributed by atoms with E-state index in [0.29, 0.717) is 17.2 Å². The van der Waals surface area contributed by atoms with Crippen molar-refractivity contribution in [2.75, 3.05) is 31.8 Å². The SMILES string of the molecule is COc1cc(N)c(NCCCCCCC(C)C)cc1OC. The van der Waals surface area contributed by atoms with Crippen molar-refractivity contribution >= 4 is 11.4 Å². The highest BCUT2D eigenvalue weighted by molar-refractivity contribution is 5.71. The molecule has 0 bridgehead atoms. The van der Waals surface area contributed by atoms with Gasteiger partial charge >= 0.3 is 0 Å². The Balaban J connectivity index is 2.35. The van der Waals surface area contributed by atoms with Gasteiger partial charge in [-0.2, -0.15) is 0 Å². The first-order chi connectivity index (χ1) is 10.1. The molecule has 0 atom stereocenters. The van der Waals surface area contributed by atoms with Gasteiger partial charge in [0.05, 0.1) is 25.6 Å². The molecular formula is C17H30N2O2. The first-order valence-electron chi connectivity index (χ1n) is 7.83. The lowest BCUT2D eigenvalue weighted by Crippen LogP contribution is -2.05. The molecule has 0 aliphatic heterocycles. The molecule has 0 radical (unpaired) electrons. The van der Waals surface area contributed by atoms with Crippen LogP contribution in [-0.4, -0.2) is 20.8 Å². The van der Waals surface area contributed by atoms with Crippen molar-refractivity contribution in [3.63, 3.8) is 0 Å². The number of nitrogen functional groups attached to an aromatic ring is 1. The normalized spacial score (nSPS) is 10.7. The van der Waals surface area contributed by atoms with Crippen LogP contribution in [0.5, 0.6) is 11.5 Å². The van der Waals surface area contributed by atoms with Gasteiger partial charge in [0.2, 0.25) is 0 Å². The predicted molar refractivity (Wildman–Crippen MR) is 90.4 cm³/mol. The summed E-state index contributed by atoms with van der Waals surface area (Å²) in [5.41, 5.74) is 7.62. The van der Waals surface area contributed by atoms with E-state index >= 15 is 0 Å². The van der Waals surface area contributed by atoms with Crippen molar-refractivity contribution in [1.82, 2.24) is 0 Å². The van der Waals surface area contributed by atoms with Gasteiger partial charge in [-0.15, -0.1) is 0 Å². The van der Waals surface area contributed by atoms with Gasteiger partial charge in [-0.25, -0.2) is 0 Å². The third-order valence-corrected chi connectivity index (χ3v) is 3.58. The summed E-state index contributed by atoms with van der Waals surface area (Å²) >= 11 is 0. The maximum Gasteiger partial charge on any atom is 0.162 e. The molecule has 21 heavy (non-hydrogen) atoms. The molecular weight excluding hydrogens is 264 g/mol. The number of methoxy groups -OCH3 is 2. The highest BCUT2D eigenvalue weighted by Crippen LogP contribution is 2.34. The molecule has 1 aromatic carbocycles. The number of hydrogen-bond acceptors (Lipinski definition) is 4. The molecule has 4 nitrogen and oxygen atoms in total. The Morgan fingerprint density at radius 2 is 1.62 bits per heavy atom. The molecule has 0 aromatic heterocycles.